The van der Waals surface area contributed by atoms with Gasteiger partial charge in [0.1, 0.15) is 30.0 Å². The highest BCUT2D eigenvalue weighted by atomic mass is 19.1. The van der Waals surface area contributed by atoms with Crippen molar-refractivity contribution in [1.29, 1.82) is 0 Å². The Hall–Kier alpha value is -3.20. The summed E-state index contributed by atoms with van der Waals surface area (Å²) >= 11 is 0. The first kappa shape index (κ1) is 20.1. The van der Waals surface area contributed by atoms with Crippen molar-refractivity contribution < 1.29 is 27.9 Å². The van der Waals surface area contributed by atoms with Gasteiger partial charge in [0.2, 0.25) is 5.91 Å². The first-order valence-corrected chi connectivity index (χ1v) is 9.64. The molecule has 4 rings (SSSR count). The Bertz CT molecular complexity index is 989. The van der Waals surface area contributed by atoms with Crippen LogP contribution in [0.1, 0.15) is 30.1 Å². The number of amides is 4. The van der Waals surface area contributed by atoms with Gasteiger partial charge in [-0.15, -0.1) is 0 Å². The molecule has 2 aliphatic heterocycles. The second-order valence-corrected chi connectivity index (χ2v) is 7.61. The fraction of sp³-hybridized carbons (Fsp3) is 0.381. The monoisotopic (exact) mass is 415 g/mol. The van der Waals surface area contributed by atoms with Gasteiger partial charge in [-0.2, -0.15) is 0 Å². The van der Waals surface area contributed by atoms with Crippen LogP contribution < -0.4 is 5.32 Å². The normalized spacial score (nSPS) is 24.3. The minimum Gasteiger partial charge on any atom is -0.463 e. The van der Waals surface area contributed by atoms with Crippen molar-refractivity contribution in [2.45, 2.75) is 25.5 Å². The van der Waals surface area contributed by atoms with Crippen LogP contribution in [-0.4, -0.2) is 53.9 Å². The first-order chi connectivity index (χ1) is 14.3. The first-order valence-electron chi connectivity index (χ1n) is 9.64. The third kappa shape index (κ3) is 3.56. The summed E-state index contributed by atoms with van der Waals surface area (Å²) in [5.41, 5.74) is -0.600. The molecule has 2 aliphatic rings. The van der Waals surface area contributed by atoms with Gasteiger partial charge in [0, 0.05) is 6.54 Å². The molecule has 2 atom stereocenters. The highest BCUT2D eigenvalue weighted by molar-refractivity contribution is 6.08. The molecule has 4 amide bonds. The van der Waals surface area contributed by atoms with Gasteiger partial charge in [0.05, 0.1) is 13.2 Å². The maximum absolute atomic E-state index is 13.2. The molecule has 1 N–H and O–H groups in total. The Balaban J connectivity index is 1.45. The summed E-state index contributed by atoms with van der Waals surface area (Å²) in [5.74, 6) is -0.331. The second kappa shape index (κ2) is 7.56. The zero-order valence-corrected chi connectivity index (χ0v) is 16.7. The van der Waals surface area contributed by atoms with E-state index in [2.05, 4.69) is 5.32 Å². The topological polar surface area (TPSA) is 92.1 Å². The highest BCUT2D eigenvalue weighted by Crippen LogP contribution is 2.30. The van der Waals surface area contributed by atoms with Gasteiger partial charge in [-0.25, -0.2) is 9.18 Å². The van der Waals surface area contributed by atoms with Crippen LogP contribution in [-0.2, 0) is 19.9 Å². The Morgan fingerprint density at radius 2 is 1.97 bits per heavy atom. The van der Waals surface area contributed by atoms with E-state index in [0.717, 1.165) is 10.5 Å². The quantitative estimate of drug-likeness (QED) is 0.772. The summed E-state index contributed by atoms with van der Waals surface area (Å²) < 4.78 is 24.4. The molecule has 0 saturated carbocycles. The number of carbonyl (C=O) groups is 3. The molecular formula is C21H22FN3O5. The van der Waals surface area contributed by atoms with Crippen molar-refractivity contribution in [3.8, 4) is 0 Å². The van der Waals surface area contributed by atoms with Crippen molar-refractivity contribution in [1.82, 2.24) is 15.1 Å². The number of urea groups is 1. The molecule has 0 radical (unpaired) electrons. The molecular weight excluding hydrogens is 393 g/mol. The molecule has 1 aromatic heterocycles. The zero-order chi connectivity index (χ0) is 21.5. The van der Waals surface area contributed by atoms with Crippen LogP contribution in [0.4, 0.5) is 9.18 Å². The van der Waals surface area contributed by atoms with Crippen LogP contribution in [0.3, 0.4) is 0 Å². The summed E-state index contributed by atoms with van der Waals surface area (Å²) in [4.78, 5) is 40.7. The Labute approximate surface area is 172 Å². The molecule has 2 unspecified atom stereocenters. The largest absolute Gasteiger partial charge is 0.463 e. The number of furan rings is 1. The lowest BCUT2D eigenvalue weighted by molar-refractivity contribution is -0.144. The zero-order valence-electron chi connectivity index (χ0n) is 16.7. The van der Waals surface area contributed by atoms with Crippen molar-refractivity contribution >= 4 is 17.8 Å². The fourth-order valence-electron chi connectivity index (χ4n) is 3.70. The molecule has 3 heterocycles. The molecule has 2 saturated heterocycles. The standard InChI is InChI=1S/C21H22FN3O5/c1-13-3-8-17(30-13)21(2)19(27)25(20(28)23-21)12-18(26)24-9-10-29-16(11-24)14-4-6-15(22)7-5-14/h3-8,16H,9-12H2,1-2H3,(H,23,28). The van der Waals surface area contributed by atoms with E-state index in [-0.39, 0.29) is 24.8 Å². The fourth-order valence-corrected chi connectivity index (χ4v) is 3.70. The number of hydrogen-bond acceptors (Lipinski definition) is 5. The number of ether oxygens (including phenoxy) is 1. The van der Waals surface area contributed by atoms with Crippen molar-refractivity contribution in [2.75, 3.05) is 26.2 Å². The van der Waals surface area contributed by atoms with Gasteiger partial charge in [0.15, 0.2) is 5.54 Å². The number of rotatable bonds is 4. The maximum atomic E-state index is 13.2. The van der Waals surface area contributed by atoms with Crippen molar-refractivity contribution in [3.05, 3.63) is 59.3 Å². The Kier molecular flexibility index (Phi) is 5.07. The lowest BCUT2D eigenvalue weighted by Crippen LogP contribution is -2.48. The smallest absolute Gasteiger partial charge is 0.325 e. The van der Waals surface area contributed by atoms with Crippen molar-refractivity contribution in [2.24, 2.45) is 0 Å². The average molecular weight is 415 g/mol. The molecule has 2 fully saturated rings. The summed E-state index contributed by atoms with van der Waals surface area (Å²) in [7, 11) is 0. The molecule has 0 aliphatic carbocycles. The van der Waals surface area contributed by atoms with Gasteiger partial charge < -0.3 is 19.4 Å². The van der Waals surface area contributed by atoms with Gasteiger partial charge in [-0.3, -0.25) is 14.5 Å². The molecule has 9 heteroatoms. The minimum absolute atomic E-state index is 0.253. The predicted molar refractivity (Wildman–Crippen MR) is 103 cm³/mol. The molecule has 0 bridgehead atoms. The number of benzene rings is 1. The molecule has 1 aromatic carbocycles. The highest BCUT2D eigenvalue weighted by Gasteiger charge is 2.51. The number of aryl methyl sites for hydroxylation is 1. The van der Waals surface area contributed by atoms with E-state index in [1.54, 1.807) is 43.0 Å². The van der Waals surface area contributed by atoms with E-state index in [0.29, 0.717) is 24.7 Å². The van der Waals surface area contributed by atoms with E-state index in [9.17, 15) is 18.8 Å². The van der Waals surface area contributed by atoms with E-state index < -0.39 is 23.6 Å². The number of imide groups is 1. The van der Waals surface area contributed by atoms with E-state index in [1.807, 2.05) is 0 Å². The summed E-state index contributed by atoms with van der Waals surface area (Å²) in [6.07, 6.45) is -0.400. The summed E-state index contributed by atoms with van der Waals surface area (Å²) in [5, 5.41) is 2.62. The van der Waals surface area contributed by atoms with Gasteiger partial charge in [0.25, 0.3) is 5.91 Å². The number of nitrogens with zero attached hydrogens (tertiary/aromatic N) is 2. The van der Waals surface area contributed by atoms with E-state index in [1.165, 1.54) is 12.1 Å². The molecule has 30 heavy (non-hydrogen) atoms. The van der Waals surface area contributed by atoms with Gasteiger partial charge in [-0.1, -0.05) is 12.1 Å². The minimum atomic E-state index is -1.35. The average Bonchev–Trinajstić information content (AvgIpc) is 3.26. The summed E-state index contributed by atoms with van der Waals surface area (Å²) in [6, 6.07) is 8.59. The number of carbonyl (C=O) groups excluding carboxylic acids is 3. The van der Waals surface area contributed by atoms with Crippen molar-refractivity contribution in [3.63, 3.8) is 0 Å². The predicted octanol–water partition coefficient (Wildman–Crippen LogP) is 2.09. The third-order valence-corrected chi connectivity index (χ3v) is 5.46. The lowest BCUT2D eigenvalue weighted by Gasteiger charge is -2.34. The number of halogens is 1. The molecule has 8 nitrogen and oxygen atoms in total. The van der Waals surface area contributed by atoms with Crippen LogP contribution >= 0.6 is 0 Å². The third-order valence-electron chi connectivity index (χ3n) is 5.46. The number of nitrogens with one attached hydrogen (secondary N) is 1. The van der Waals surface area contributed by atoms with E-state index >= 15 is 0 Å². The van der Waals surface area contributed by atoms with Crippen LogP contribution in [0.5, 0.6) is 0 Å². The van der Waals surface area contributed by atoms with Crippen LogP contribution in [0, 0.1) is 12.7 Å². The lowest BCUT2D eigenvalue weighted by atomic mass is 9.99. The van der Waals surface area contributed by atoms with Crippen LogP contribution in [0.15, 0.2) is 40.8 Å². The maximum Gasteiger partial charge on any atom is 0.325 e. The number of morpholine rings is 1. The second-order valence-electron chi connectivity index (χ2n) is 7.61. The van der Waals surface area contributed by atoms with Gasteiger partial charge >= 0.3 is 6.03 Å². The SMILES string of the molecule is Cc1ccc(C2(C)NC(=O)N(CC(=O)N3CCOC(c4ccc(F)cc4)C3)C2=O)o1. The Morgan fingerprint density at radius 1 is 1.23 bits per heavy atom. The summed E-state index contributed by atoms with van der Waals surface area (Å²) in [6.45, 7) is 3.81. The van der Waals surface area contributed by atoms with E-state index in [4.69, 9.17) is 9.15 Å². The molecule has 0 spiro atoms. The molecule has 2 aromatic rings. The molecule has 158 valence electrons. The number of hydrogen-bond donors (Lipinski definition) is 1. The Morgan fingerprint density at radius 3 is 2.63 bits per heavy atom. The van der Waals surface area contributed by atoms with Crippen LogP contribution in [0.25, 0.3) is 0 Å². The van der Waals surface area contributed by atoms with Crippen LogP contribution in [0.2, 0.25) is 0 Å². The van der Waals surface area contributed by atoms with Gasteiger partial charge in [-0.05, 0) is 43.7 Å².